The van der Waals surface area contributed by atoms with E-state index in [1.165, 1.54) is 60.1 Å². The normalized spacial score (nSPS) is 11.3. The largest absolute Gasteiger partial charge is 0.308 e. The molecule has 0 spiro atoms. The minimum atomic E-state index is 0.675. The number of rotatable bonds is 6. The molecule has 0 aliphatic carbocycles. The first-order chi connectivity index (χ1) is 26.7. The Morgan fingerprint density at radius 1 is 0.296 bits per heavy atom. The third-order valence-corrected chi connectivity index (χ3v) is 10.4. The van der Waals surface area contributed by atoms with E-state index in [-0.39, 0.29) is 0 Å². The van der Waals surface area contributed by atoms with E-state index in [2.05, 4.69) is 169 Å². The van der Waals surface area contributed by atoms with E-state index >= 15 is 0 Å². The van der Waals surface area contributed by atoms with Crippen molar-refractivity contribution < 1.29 is 4.98 Å². The number of nitrogens with one attached hydrogen (secondary N) is 1. The Morgan fingerprint density at radius 3 is 1.46 bits per heavy atom. The van der Waals surface area contributed by atoms with Crippen LogP contribution < -0.4 is 4.98 Å². The van der Waals surface area contributed by atoms with Gasteiger partial charge in [-0.05, 0) is 108 Å². The number of benzene rings is 9. The van der Waals surface area contributed by atoms with Gasteiger partial charge >= 0.3 is 5.82 Å². The average Bonchev–Trinajstić information content (AvgIpc) is 3.26. The van der Waals surface area contributed by atoms with Crippen LogP contribution in [0.15, 0.2) is 200 Å². The summed E-state index contributed by atoms with van der Waals surface area (Å²) in [6.07, 6.45) is 0. The summed E-state index contributed by atoms with van der Waals surface area (Å²) in [5.41, 5.74) is 10.1. The lowest BCUT2D eigenvalue weighted by Gasteiger charge is -2.15. The second kappa shape index (κ2) is 13.4. The lowest BCUT2D eigenvalue weighted by molar-refractivity contribution is -0.359. The molecule has 0 amide bonds. The van der Waals surface area contributed by atoms with Crippen molar-refractivity contribution in [2.45, 2.75) is 0 Å². The van der Waals surface area contributed by atoms with Crippen molar-refractivity contribution in [2.24, 2.45) is 0 Å². The average molecular weight is 689 g/mol. The lowest BCUT2D eigenvalue weighted by atomic mass is 9.88. The summed E-state index contributed by atoms with van der Waals surface area (Å²) in [5, 5.41) is 7.52. The highest BCUT2D eigenvalue weighted by atomic mass is 15.0. The summed E-state index contributed by atoms with van der Waals surface area (Å²) in [4.78, 5) is 13.5. The molecule has 0 radical (unpaired) electrons. The number of fused-ring (bicyclic) bond motifs is 4. The van der Waals surface area contributed by atoms with Crippen molar-refractivity contribution in [3.05, 3.63) is 200 Å². The maximum absolute atomic E-state index is 5.01. The van der Waals surface area contributed by atoms with Gasteiger partial charge in [-0.3, -0.25) is 0 Å². The number of nitrogens with zero attached hydrogens (tertiary/aromatic N) is 2. The minimum absolute atomic E-state index is 0.675. The molecule has 0 saturated carbocycles. The van der Waals surface area contributed by atoms with Gasteiger partial charge in [-0.1, -0.05) is 168 Å². The zero-order chi connectivity index (χ0) is 35.8. The molecule has 0 unspecified atom stereocenters. The van der Waals surface area contributed by atoms with Gasteiger partial charge in [0.25, 0.3) is 11.6 Å². The predicted octanol–water partition coefficient (Wildman–Crippen LogP) is 12.8. The van der Waals surface area contributed by atoms with Crippen LogP contribution in [0.1, 0.15) is 0 Å². The third kappa shape index (κ3) is 5.78. The van der Waals surface area contributed by atoms with E-state index < -0.39 is 0 Å². The van der Waals surface area contributed by atoms with Gasteiger partial charge in [-0.25, -0.2) is 4.98 Å². The van der Waals surface area contributed by atoms with Gasteiger partial charge in [0.15, 0.2) is 0 Å². The van der Waals surface area contributed by atoms with Crippen molar-refractivity contribution in [3.63, 3.8) is 0 Å². The molecule has 1 N–H and O–H groups in total. The molecule has 0 atom stereocenters. The van der Waals surface area contributed by atoms with Gasteiger partial charge in [0.05, 0.1) is 16.7 Å². The van der Waals surface area contributed by atoms with E-state index in [0.29, 0.717) is 5.82 Å². The zero-order valence-corrected chi connectivity index (χ0v) is 29.4. The van der Waals surface area contributed by atoms with Crippen LogP contribution in [0.3, 0.4) is 0 Å². The Labute approximate surface area is 313 Å². The smallest absolute Gasteiger partial charge is 0.240 e. The molecule has 1 aromatic heterocycles. The van der Waals surface area contributed by atoms with Crippen molar-refractivity contribution >= 4 is 32.3 Å². The van der Waals surface area contributed by atoms with Crippen molar-refractivity contribution in [1.82, 2.24) is 9.97 Å². The fraction of sp³-hybridized carbons (Fsp3) is 0. The van der Waals surface area contributed by atoms with Gasteiger partial charge in [0.1, 0.15) is 0 Å². The summed E-state index contributed by atoms with van der Waals surface area (Å²) in [6.45, 7) is 0. The van der Waals surface area contributed by atoms with E-state index in [0.717, 1.165) is 33.9 Å². The Balaban J connectivity index is 1.03. The number of hydrogen-bond donors (Lipinski definition) is 0. The molecule has 0 saturated heterocycles. The van der Waals surface area contributed by atoms with E-state index in [1.54, 1.807) is 0 Å². The Bertz CT molecular complexity index is 2900. The van der Waals surface area contributed by atoms with Gasteiger partial charge < -0.3 is 0 Å². The zero-order valence-electron chi connectivity index (χ0n) is 29.4. The van der Waals surface area contributed by atoms with Crippen molar-refractivity contribution in [1.29, 1.82) is 0 Å². The van der Waals surface area contributed by atoms with Crippen LogP contribution >= 0.6 is 0 Å². The van der Waals surface area contributed by atoms with Gasteiger partial charge in [-0.2, -0.15) is 0 Å². The van der Waals surface area contributed by atoms with Crippen LogP contribution in [0.2, 0.25) is 0 Å². The van der Waals surface area contributed by atoms with Crippen LogP contribution in [-0.2, 0) is 0 Å². The first-order valence-corrected chi connectivity index (χ1v) is 18.3. The lowest BCUT2D eigenvalue weighted by Crippen LogP contribution is -2.16. The topological polar surface area (TPSA) is 39.9 Å². The Hall–Kier alpha value is -7.23. The summed E-state index contributed by atoms with van der Waals surface area (Å²) in [5.74, 6) is 2.23. The second-order valence-corrected chi connectivity index (χ2v) is 13.7. The molecule has 0 bridgehead atoms. The maximum atomic E-state index is 5.01. The van der Waals surface area contributed by atoms with Crippen LogP contribution in [0.25, 0.3) is 99.9 Å². The molecule has 0 aliphatic heterocycles. The summed E-state index contributed by atoms with van der Waals surface area (Å²) >= 11 is 0. The molecule has 10 aromatic rings. The first-order valence-electron chi connectivity index (χ1n) is 18.3. The number of hydrogen-bond acceptors (Lipinski definition) is 2. The SMILES string of the molecule is c1ccc(-c2nc(-c3ccc(-c4c(-c5ccc(-c6ccc7c(ccc8ccccc87)c6)cc5)ccc5ccccc45)cc3)nc(-c3ccccc3)[nH+]2)cc1. The standard InChI is InChI=1S/C51H33N3/c1-3-13-39(14-4-1)49-52-50(40-15-5-2-6-16-40)54-51(53-49)41-26-24-38(25-27-41)48-46-18-10-8-12-36(46)29-32-47(48)37-21-19-34(20-22-37)42-30-31-45-43(33-42)28-23-35-11-7-9-17-44(35)45/h1-33H/p+1. The molecule has 54 heavy (non-hydrogen) atoms. The molecule has 0 aliphatic rings. The van der Waals surface area contributed by atoms with Gasteiger partial charge in [-0.15, -0.1) is 0 Å². The second-order valence-electron chi connectivity index (χ2n) is 13.7. The quantitative estimate of drug-likeness (QED) is 0.163. The van der Waals surface area contributed by atoms with Crippen LogP contribution in [0.5, 0.6) is 0 Å². The molecule has 1 heterocycles. The number of H-pyrrole nitrogens is 1. The Morgan fingerprint density at radius 2 is 0.778 bits per heavy atom. The van der Waals surface area contributed by atoms with Gasteiger partial charge in [0.2, 0.25) is 0 Å². The van der Waals surface area contributed by atoms with Crippen LogP contribution in [0.4, 0.5) is 0 Å². The van der Waals surface area contributed by atoms with Gasteiger partial charge in [0, 0.05) is 0 Å². The first kappa shape index (κ1) is 31.5. The Kier molecular flexibility index (Phi) is 7.81. The minimum Gasteiger partial charge on any atom is -0.240 e. The maximum Gasteiger partial charge on any atom is 0.308 e. The molecular formula is C51H34N3+. The monoisotopic (exact) mass is 688 g/mol. The number of aromatic nitrogens is 3. The highest BCUT2D eigenvalue weighted by Gasteiger charge is 2.20. The summed E-state index contributed by atoms with van der Waals surface area (Å²) in [7, 11) is 0. The predicted molar refractivity (Wildman–Crippen MR) is 224 cm³/mol. The summed E-state index contributed by atoms with van der Waals surface area (Å²) < 4.78 is 0. The number of aromatic amines is 1. The van der Waals surface area contributed by atoms with Crippen molar-refractivity contribution in [3.8, 4) is 67.5 Å². The van der Waals surface area contributed by atoms with Crippen LogP contribution in [0, 0.1) is 0 Å². The van der Waals surface area contributed by atoms with E-state index in [1.807, 2.05) is 36.4 Å². The van der Waals surface area contributed by atoms with Crippen LogP contribution in [-0.4, -0.2) is 9.97 Å². The molecule has 3 heteroatoms. The third-order valence-electron chi connectivity index (χ3n) is 10.4. The fourth-order valence-corrected chi connectivity index (χ4v) is 7.64. The van der Waals surface area contributed by atoms with Crippen molar-refractivity contribution in [2.75, 3.05) is 0 Å². The highest BCUT2D eigenvalue weighted by Crippen LogP contribution is 2.40. The molecule has 3 nitrogen and oxygen atoms in total. The fourth-order valence-electron chi connectivity index (χ4n) is 7.64. The molecular weight excluding hydrogens is 655 g/mol. The molecule has 0 fully saturated rings. The van der Waals surface area contributed by atoms with E-state index in [9.17, 15) is 0 Å². The summed E-state index contributed by atoms with van der Waals surface area (Å²) in [6, 6.07) is 71.1. The highest BCUT2D eigenvalue weighted by molar-refractivity contribution is 6.08. The molecule has 9 aromatic carbocycles. The molecule has 252 valence electrons. The van der Waals surface area contributed by atoms with E-state index in [4.69, 9.17) is 9.97 Å². The molecule has 10 rings (SSSR count).